The predicted molar refractivity (Wildman–Crippen MR) is 90.3 cm³/mol. The van der Waals surface area contributed by atoms with Gasteiger partial charge in [0.05, 0.1) is 0 Å². The maximum Gasteiger partial charge on any atom is 0.120 e. The van der Waals surface area contributed by atoms with Gasteiger partial charge < -0.3 is 10.2 Å². The first-order valence-corrected chi connectivity index (χ1v) is 7.54. The van der Waals surface area contributed by atoms with Crippen LogP contribution in [0.4, 0.5) is 0 Å². The summed E-state index contributed by atoms with van der Waals surface area (Å²) in [5.41, 5.74) is 6.19. The van der Waals surface area contributed by atoms with Crippen LogP contribution in [0.15, 0.2) is 24.3 Å². The Morgan fingerprint density at radius 3 is 1.41 bits per heavy atom. The zero-order valence-electron chi connectivity index (χ0n) is 14.1. The first kappa shape index (κ1) is 16.4. The van der Waals surface area contributed by atoms with Crippen LogP contribution < -0.4 is 0 Å². The Balaban J connectivity index is 2.19. The Kier molecular flexibility index (Phi) is 4.77. The molecule has 0 amide bonds. The van der Waals surface area contributed by atoms with Gasteiger partial charge in [-0.25, -0.2) is 0 Å². The van der Waals surface area contributed by atoms with Crippen molar-refractivity contribution >= 4 is 0 Å². The summed E-state index contributed by atoms with van der Waals surface area (Å²) < 4.78 is 0. The molecule has 0 unspecified atom stereocenters. The molecule has 2 aromatic carbocycles. The molecule has 0 saturated carbocycles. The van der Waals surface area contributed by atoms with E-state index in [0.717, 1.165) is 33.4 Å². The first-order chi connectivity index (χ1) is 10.3. The van der Waals surface area contributed by atoms with Gasteiger partial charge in [0.25, 0.3) is 0 Å². The summed E-state index contributed by atoms with van der Waals surface area (Å²) >= 11 is 0. The molecule has 0 heterocycles. The fourth-order valence-electron chi connectivity index (χ4n) is 2.96. The van der Waals surface area contributed by atoms with Gasteiger partial charge in [0.1, 0.15) is 11.5 Å². The zero-order chi connectivity index (χ0) is 16.4. The van der Waals surface area contributed by atoms with E-state index in [9.17, 15) is 10.2 Å². The van der Waals surface area contributed by atoms with Crippen LogP contribution in [0.25, 0.3) is 0 Å². The molecule has 0 saturated heterocycles. The number of phenols is 2. The fourth-order valence-corrected chi connectivity index (χ4v) is 2.96. The molecule has 0 spiro atoms. The Labute approximate surface area is 132 Å². The Morgan fingerprint density at radius 1 is 0.727 bits per heavy atom. The molecule has 2 N–H and O–H groups in total. The predicted octanol–water partition coefficient (Wildman–Crippen LogP) is 3.96. The van der Waals surface area contributed by atoms with E-state index >= 15 is 0 Å². The van der Waals surface area contributed by atoms with Crippen molar-refractivity contribution in [1.82, 2.24) is 4.90 Å². The van der Waals surface area contributed by atoms with Crippen LogP contribution in [0.5, 0.6) is 11.5 Å². The quantitative estimate of drug-likeness (QED) is 0.898. The molecular weight excluding hydrogens is 274 g/mol. The van der Waals surface area contributed by atoms with Crippen LogP contribution in [0.1, 0.15) is 33.4 Å². The molecule has 3 heteroatoms. The topological polar surface area (TPSA) is 43.7 Å². The van der Waals surface area contributed by atoms with Crippen molar-refractivity contribution in [1.29, 1.82) is 0 Å². The lowest BCUT2D eigenvalue weighted by Crippen LogP contribution is -2.18. The van der Waals surface area contributed by atoms with E-state index in [1.165, 1.54) is 0 Å². The van der Waals surface area contributed by atoms with Gasteiger partial charge in [0.15, 0.2) is 0 Å². The molecule has 0 atom stereocenters. The van der Waals surface area contributed by atoms with E-state index in [0.29, 0.717) is 24.6 Å². The third kappa shape index (κ3) is 3.60. The molecule has 0 aliphatic carbocycles. The van der Waals surface area contributed by atoms with Gasteiger partial charge in [-0.05, 0) is 69.1 Å². The summed E-state index contributed by atoms with van der Waals surface area (Å²) in [6.07, 6.45) is 0. The van der Waals surface area contributed by atoms with Crippen molar-refractivity contribution < 1.29 is 10.2 Å². The summed E-state index contributed by atoms with van der Waals surface area (Å²) in [7, 11) is 2.00. The fraction of sp³-hybridized carbons (Fsp3) is 0.368. The van der Waals surface area contributed by atoms with Crippen LogP contribution in [-0.4, -0.2) is 22.2 Å². The minimum absolute atomic E-state index is 0.342. The van der Waals surface area contributed by atoms with Gasteiger partial charge in [-0.3, -0.25) is 4.90 Å². The maximum absolute atomic E-state index is 10.2. The Bertz CT molecular complexity index is 586. The van der Waals surface area contributed by atoms with E-state index in [1.807, 2.05) is 34.7 Å². The Hall–Kier alpha value is -2.00. The summed E-state index contributed by atoms with van der Waals surface area (Å²) in [5, 5.41) is 20.3. The molecule has 2 aromatic rings. The highest BCUT2D eigenvalue weighted by Crippen LogP contribution is 2.27. The van der Waals surface area contributed by atoms with Gasteiger partial charge >= 0.3 is 0 Å². The third-order valence-corrected chi connectivity index (χ3v) is 4.04. The molecule has 2 rings (SSSR count). The monoisotopic (exact) mass is 299 g/mol. The minimum Gasteiger partial charge on any atom is -0.508 e. The lowest BCUT2D eigenvalue weighted by molar-refractivity contribution is 0.305. The lowest BCUT2D eigenvalue weighted by Gasteiger charge is -2.21. The second-order valence-corrected chi connectivity index (χ2v) is 6.33. The van der Waals surface area contributed by atoms with Crippen LogP contribution in [0.3, 0.4) is 0 Å². The van der Waals surface area contributed by atoms with Gasteiger partial charge in [0.2, 0.25) is 0 Å². The third-order valence-electron chi connectivity index (χ3n) is 4.04. The average molecular weight is 299 g/mol. The lowest BCUT2D eigenvalue weighted by atomic mass is 10.0. The SMILES string of the molecule is Cc1cc(C)c(CN(C)Cc2c(C)cc(C)cc2O)c(O)c1. The number of hydrogen-bond acceptors (Lipinski definition) is 3. The minimum atomic E-state index is 0.342. The van der Waals surface area contributed by atoms with Crippen molar-refractivity contribution in [2.45, 2.75) is 40.8 Å². The van der Waals surface area contributed by atoms with Gasteiger partial charge in [0, 0.05) is 24.2 Å². The van der Waals surface area contributed by atoms with Crippen molar-refractivity contribution in [2.75, 3.05) is 7.05 Å². The number of benzene rings is 2. The van der Waals surface area contributed by atoms with Crippen molar-refractivity contribution in [2.24, 2.45) is 0 Å². The Morgan fingerprint density at radius 2 is 1.09 bits per heavy atom. The van der Waals surface area contributed by atoms with Gasteiger partial charge in [-0.15, -0.1) is 0 Å². The molecule has 118 valence electrons. The van der Waals surface area contributed by atoms with E-state index < -0.39 is 0 Å². The van der Waals surface area contributed by atoms with E-state index in [2.05, 4.69) is 17.0 Å². The van der Waals surface area contributed by atoms with Crippen LogP contribution in [0.2, 0.25) is 0 Å². The van der Waals surface area contributed by atoms with E-state index in [-0.39, 0.29) is 0 Å². The highest BCUT2D eigenvalue weighted by molar-refractivity contribution is 5.43. The summed E-state index contributed by atoms with van der Waals surface area (Å²) in [6, 6.07) is 7.75. The molecule has 3 nitrogen and oxygen atoms in total. The molecule has 0 aliphatic heterocycles. The number of nitrogens with zero attached hydrogens (tertiary/aromatic N) is 1. The highest BCUT2D eigenvalue weighted by atomic mass is 16.3. The van der Waals surface area contributed by atoms with E-state index in [4.69, 9.17) is 0 Å². The average Bonchev–Trinajstić information content (AvgIpc) is 2.38. The molecule has 0 aliphatic rings. The number of rotatable bonds is 4. The van der Waals surface area contributed by atoms with E-state index in [1.54, 1.807) is 12.1 Å². The largest absolute Gasteiger partial charge is 0.508 e. The molecule has 0 aromatic heterocycles. The number of phenolic OH excluding ortho intramolecular Hbond substituents is 2. The highest BCUT2D eigenvalue weighted by Gasteiger charge is 2.13. The first-order valence-electron chi connectivity index (χ1n) is 7.54. The summed E-state index contributed by atoms with van der Waals surface area (Å²) in [5.74, 6) is 0.684. The van der Waals surface area contributed by atoms with Gasteiger partial charge in [-0.1, -0.05) is 12.1 Å². The molecule has 0 bridgehead atoms. The molecule has 22 heavy (non-hydrogen) atoms. The number of aromatic hydroxyl groups is 2. The summed E-state index contributed by atoms with van der Waals surface area (Å²) in [4.78, 5) is 2.11. The zero-order valence-corrected chi connectivity index (χ0v) is 14.1. The summed E-state index contributed by atoms with van der Waals surface area (Å²) in [6.45, 7) is 9.28. The van der Waals surface area contributed by atoms with Crippen molar-refractivity contribution in [3.63, 3.8) is 0 Å². The number of aryl methyl sites for hydroxylation is 4. The van der Waals surface area contributed by atoms with Crippen LogP contribution in [-0.2, 0) is 13.1 Å². The second-order valence-electron chi connectivity index (χ2n) is 6.33. The second kappa shape index (κ2) is 6.41. The van der Waals surface area contributed by atoms with Crippen LogP contribution >= 0.6 is 0 Å². The number of hydrogen-bond donors (Lipinski definition) is 2. The molecule has 0 radical (unpaired) electrons. The standard InChI is InChI=1S/C19H25NO2/c1-12-6-14(3)16(18(21)8-12)10-20(5)11-17-15(4)7-13(2)9-19(17)22/h6-9,21-22H,10-11H2,1-5H3. The van der Waals surface area contributed by atoms with Crippen molar-refractivity contribution in [3.05, 3.63) is 57.6 Å². The van der Waals surface area contributed by atoms with Crippen molar-refractivity contribution in [3.8, 4) is 11.5 Å². The normalized spacial score (nSPS) is 11.2. The maximum atomic E-state index is 10.2. The molecular formula is C19H25NO2. The van der Waals surface area contributed by atoms with Crippen LogP contribution in [0, 0.1) is 27.7 Å². The smallest absolute Gasteiger partial charge is 0.120 e. The molecule has 0 fully saturated rings. The van der Waals surface area contributed by atoms with Gasteiger partial charge in [-0.2, -0.15) is 0 Å².